The zero-order valence-electron chi connectivity index (χ0n) is 17.6. The Balaban J connectivity index is 1.49. The van der Waals surface area contributed by atoms with Crippen LogP contribution in [-0.4, -0.2) is 37.6 Å². The summed E-state index contributed by atoms with van der Waals surface area (Å²) in [5, 5.41) is 5.73. The van der Waals surface area contributed by atoms with Crippen molar-refractivity contribution in [3.8, 4) is 0 Å². The fourth-order valence-electron chi connectivity index (χ4n) is 4.12. The highest BCUT2D eigenvalue weighted by molar-refractivity contribution is 7.89. The number of piperidine rings is 1. The molecule has 0 aromatic heterocycles. The van der Waals surface area contributed by atoms with E-state index in [0.29, 0.717) is 50.0 Å². The molecule has 4 rings (SSSR count). The molecule has 8 heteroatoms. The first-order valence-corrected chi connectivity index (χ1v) is 12.1. The number of carbonyl (C=O) groups is 2. The highest BCUT2D eigenvalue weighted by Crippen LogP contribution is 2.29. The van der Waals surface area contributed by atoms with Crippen LogP contribution >= 0.6 is 0 Å². The summed E-state index contributed by atoms with van der Waals surface area (Å²) < 4.78 is 28.0. The van der Waals surface area contributed by atoms with Gasteiger partial charge in [-0.3, -0.25) is 9.59 Å². The van der Waals surface area contributed by atoms with Crippen molar-refractivity contribution in [1.29, 1.82) is 0 Å². The van der Waals surface area contributed by atoms with Gasteiger partial charge in [0.1, 0.15) is 0 Å². The number of hydrogen-bond acceptors (Lipinski definition) is 4. The topological polar surface area (TPSA) is 95.6 Å². The van der Waals surface area contributed by atoms with Gasteiger partial charge >= 0.3 is 0 Å². The maximum Gasteiger partial charge on any atom is 0.243 e. The molecule has 2 N–H and O–H groups in total. The van der Waals surface area contributed by atoms with E-state index >= 15 is 0 Å². The third-order valence-corrected chi connectivity index (χ3v) is 7.77. The molecule has 0 saturated carbocycles. The van der Waals surface area contributed by atoms with Crippen LogP contribution in [0.1, 0.15) is 36.8 Å². The van der Waals surface area contributed by atoms with Crippen LogP contribution in [-0.2, 0) is 26.0 Å². The Hall–Kier alpha value is -2.71. The molecule has 164 valence electrons. The zero-order valence-corrected chi connectivity index (χ0v) is 18.4. The monoisotopic (exact) mass is 441 g/mol. The predicted molar refractivity (Wildman–Crippen MR) is 119 cm³/mol. The van der Waals surface area contributed by atoms with E-state index in [-0.39, 0.29) is 23.3 Å². The Morgan fingerprint density at radius 1 is 1.10 bits per heavy atom. The average molecular weight is 442 g/mol. The minimum atomic E-state index is -3.73. The molecule has 1 saturated heterocycles. The van der Waals surface area contributed by atoms with E-state index in [4.69, 9.17) is 0 Å². The van der Waals surface area contributed by atoms with Gasteiger partial charge in [-0.15, -0.1) is 0 Å². The van der Waals surface area contributed by atoms with Crippen LogP contribution in [0.4, 0.5) is 11.4 Å². The van der Waals surface area contributed by atoms with Crippen LogP contribution < -0.4 is 10.6 Å². The van der Waals surface area contributed by atoms with E-state index < -0.39 is 15.9 Å². The van der Waals surface area contributed by atoms with E-state index in [1.54, 1.807) is 12.1 Å². The van der Waals surface area contributed by atoms with Gasteiger partial charge in [-0.25, -0.2) is 8.42 Å². The number of hydrogen-bond donors (Lipinski definition) is 2. The second kappa shape index (κ2) is 8.80. The van der Waals surface area contributed by atoms with Crippen LogP contribution in [0.15, 0.2) is 47.4 Å². The Kier molecular flexibility index (Phi) is 6.11. The number of carbonyl (C=O) groups excluding carboxylic acids is 2. The number of nitrogens with zero attached hydrogens (tertiary/aromatic N) is 1. The predicted octanol–water partition coefficient (Wildman–Crippen LogP) is 3.31. The number of benzene rings is 2. The van der Waals surface area contributed by atoms with Crippen molar-refractivity contribution in [3.63, 3.8) is 0 Å². The van der Waals surface area contributed by atoms with Crippen molar-refractivity contribution < 1.29 is 18.0 Å². The Morgan fingerprint density at radius 3 is 2.65 bits per heavy atom. The van der Waals surface area contributed by atoms with Crippen LogP contribution in [0.2, 0.25) is 0 Å². The summed E-state index contributed by atoms with van der Waals surface area (Å²) in [5.74, 6) is -0.605. The Bertz CT molecular complexity index is 1100. The van der Waals surface area contributed by atoms with Crippen molar-refractivity contribution in [2.24, 2.45) is 5.92 Å². The molecule has 2 aromatic rings. The van der Waals surface area contributed by atoms with Crippen molar-refractivity contribution in [2.45, 2.75) is 43.9 Å². The lowest BCUT2D eigenvalue weighted by molar-refractivity contribution is -0.121. The number of nitrogens with one attached hydrogen (secondary N) is 2. The first-order chi connectivity index (χ1) is 14.8. The maximum atomic E-state index is 13.3. The molecular weight excluding hydrogens is 414 g/mol. The molecule has 0 spiro atoms. The summed E-state index contributed by atoms with van der Waals surface area (Å²) in [6.07, 6.45) is 3.05. The SMILES string of the molecule is Cc1ccc(NC(=O)[C@H]2CCCN(S(=O)(=O)c3ccc4c(c3)CCCC(=O)N4)C2)cc1. The van der Waals surface area contributed by atoms with Gasteiger partial charge in [0.15, 0.2) is 0 Å². The third-order valence-electron chi connectivity index (χ3n) is 5.91. The Labute approximate surface area is 182 Å². The van der Waals surface area contributed by atoms with E-state index in [9.17, 15) is 18.0 Å². The lowest BCUT2D eigenvalue weighted by Crippen LogP contribution is -2.43. The normalized spacial score (nSPS) is 19.8. The summed E-state index contributed by atoms with van der Waals surface area (Å²) >= 11 is 0. The summed E-state index contributed by atoms with van der Waals surface area (Å²) in [5.41, 5.74) is 3.32. The molecule has 0 aliphatic carbocycles. The summed E-state index contributed by atoms with van der Waals surface area (Å²) in [6, 6.07) is 12.4. The summed E-state index contributed by atoms with van der Waals surface area (Å²) in [7, 11) is -3.73. The zero-order chi connectivity index (χ0) is 22.0. The Morgan fingerprint density at radius 2 is 1.87 bits per heavy atom. The van der Waals surface area contributed by atoms with Gasteiger partial charge in [-0.1, -0.05) is 17.7 Å². The fourth-order valence-corrected chi connectivity index (χ4v) is 5.69. The van der Waals surface area contributed by atoms with Gasteiger partial charge in [0.25, 0.3) is 0 Å². The van der Waals surface area contributed by atoms with Crippen LogP contribution in [0.25, 0.3) is 0 Å². The number of fused-ring (bicyclic) bond motifs is 1. The number of aryl methyl sites for hydroxylation is 2. The lowest BCUT2D eigenvalue weighted by Gasteiger charge is -2.31. The average Bonchev–Trinajstić information content (AvgIpc) is 2.95. The quantitative estimate of drug-likeness (QED) is 0.761. The van der Waals surface area contributed by atoms with E-state index in [2.05, 4.69) is 10.6 Å². The summed E-state index contributed by atoms with van der Waals surface area (Å²) in [6.45, 7) is 2.53. The molecule has 7 nitrogen and oxygen atoms in total. The molecule has 2 aromatic carbocycles. The molecular formula is C23H27N3O4S. The smallest absolute Gasteiger partial charge is 0.243 e. The summed E-state index contributed by atoms with van der Waals surface area (Å²) in [4.78, 5) is 24.7. The van der Waals surface area contributed by atoms with Gasteiger partial charge in [-0.2, -0.15) is 4.31 Å². The first kappa shape index (κ1) is 21.5. The highest BCUT2D eigenvalue weighted by Gasteiger charge is 2.33. The van der Waals surface area contributed by atoms with Gasteiger partial charge < -0.3 is 10.6 Å². The van der Waals surface area contributed by atoms with Crippen LogP contribution in [0, 0.1) is 12.8 Å². The fraction of sp³-hybridized carbons (Fsp3) is 0.391. The van der Waals surface area contributed by atoms with Crippen molar-refractivity contribution in [3.05, 3.63) is 53.6 Å². The van der Waals surface area contributed by atoms with E-state index in [1.165, 1.54) is 10.4 Å². The standard InChI is InChI=1S/C23H27N3O4S/c1-16-7-9-19(10-8-16)24-23(28)18-5-3-13-26(15-18)31(29,30)20-11-12-21-17(14-20)4-2-6-22(27)25-21/h7-12,14,18H,2-6,13,15H2,1H3,(H,24,28)(H,25,27)/t18-/m0/s1. The number of amides is 2. The molecule has 2 heterocycles. The second-order valence-corrected chi connectivity index (χ2v) is 10.2. The molecule has 1 fully saturated rings. The minimum absolute atomic E-state index is 0.0483. The molecule has 0 bridgehead atoms. The highest BCUT2D eigenvalue weighted by atomic mass is 32.2. The largest absolute Gasteiger partial charge is 0.326 e. The second-order valence-electron chi connectivity index (χ2n) is 8.28. The van der Waals surface area contributed by atoms with Gasteiger partial charge in [0.2, 0.25) is 21.8 Å². The van der Waals surface area contributed by atoms with E-state index in [1.807, 2.05) is 31.2 Å². The number of sulfonamides is 1. The molecule has 1 atom stereocenters. The van der Waals surface area contributed by atoms with Crippen LogP contribution in [0.5, 0.6) is 0 Å². The van der Waals surface area contributed by atoms with Crippen molar-refractivity contribution in [1.82, 2.24) is 4.31 Å². The minimum Gasteiger partial charge on any atom is -0.326 e. The first-order valence-electron chi connectivity index (χ1n) is 10.6. The lowest BCUT2D eigenvalue weighted by atomic mass is 9.98. The van der Waals surface area contributed by atoms with Crippen molar-refractivity contribution >= 4 is 33.2 Å². The molecule has 0 radical (unpaired) electrons. The maximum absolute atomic E-state index is 13.3. The van der Waals surface area contributed by atoms with Gasteiger partial charge in [0.05, 0.1) is 10.8 Å². The van der Waals surface area contributed by atoms with Crippen LogP contribution in [0.3, 0.4) is 0 Å². The third kappa shape index (κ3) is 4.80. The number of rotatable bonds is 4. The molecule has 2 amide bonds. The van der Waals surface area contributed by atoms with Gasteiger partial charge in [-0.05, 0) is 68.5 Å². The molecule has 2 aliphatic heterocycles. The molecule has 2 aliphatic rings. The van der Waals surface area contributed by atoms with E-state index in [0.717, 1.165) is 11.1 Å². The van der Waals surface area contributed by atoms with Gasteiger partial charge in [0, 0.05) is 30.9 Å². The molecule has 0 unspecified atom stereocenters. The number of anilines is 2. The molecule has 31 heavy (non-hydrogen) atoms. The van der Waals surface area contributed by atoms with Crippen molar-refractivity contribution in [2.75, 3.05) is 23.7 Å².